The average Bonchev–Trinajstić information content (AvgIpc) is 4.19. The minimum absolute atomic E-state index is 0.0835. The van der Waals surface area contributed by atoms with Crippen LogP contribution in [-0.2, 0) is 24.0 Å². The number of ether oxygens (including phenoxy) is 2. The van der Waals surface area contributed by atoms with Crippen LogP contribution in [0.15, 0.2) is 84.9 Å². The molecule has 6 aromatic rings. The number of hydrogen-bond acceptors (Lipinski definition) is 12. The van der Waals surface area contributed by atoms with Gasteiger partial charge in [0.2, 0.25) is 5.28 Å². The summed E-state index contributed by atoms with van der Waals surface area (Å²) in [6, 6.07) is 26.9. The molecule has 2 fully saturated rings. The van der Waals surface area contributed by atoms with Gasteiger partial charge in [-0.25, -0.2) is 4.98 Å². The standard InChI is InChI=1S/C21H20ClN3O2.C14H14ClN3O.C7H8BClO3/c1-21(8-9-21)15-5-3-4-14(11-15)18-23-19(25-20(24-18)27-2)16-10-13(12-26)6-7-17(16)22;1-14(6-7-14)10-5-3-4-9(8-10)11-16-12(15)18-13(17-11)19-2;9-7-2-1-5(4-10)3-6(7)8(11)12/h3-7,10-11,26H,8-9,12H2,1-2H3;3-5,8H,6-7H2,1-2H3;1-3,10-12H,4H2. The fourth-order valence-corrected chi connectivity index (χ4v) is 6.57. The second kappa shape index (κ2) is 18.5. The lowest BCUT2D eigenvalue weighted by atomic mass is 9.79. The summed E-state index contributed by atoms with van der Waals surface area (Å²) in [7, 11) is 1.44. The van der Waals surface area contributed by atoms with Crippen molar-refractivity contribution >= 4 is 47.4 Å². The molecule has 0 saturated heterocycles. The summed E-state index contributed by atoms with van der Waals surface area (Å²) < 4.78 is 10.3. The quantitative estimate of drug-likeness (QED) is 0.102. The minimum atomic E-state index is -1.59. The summed E-state index contributed by atoms with van der Waals surface area (Å²) in [4.78, 5) is 25.7. The van der Waals surface area contributed by atoms with Crippen LogP contribution in [0.3, 0.4) is 0 Å². The highest BCUT2D eigenvalue weighted by Crippen LogP contribution is 2.49. The Morgan fingerprint density at radius 2 is 1.07 bits per heavy atom. The molecule has 0 atom stereocenters. The van der Waals surface area contributed by atoms with Gasteiger partial charge in [0, 0.05) is 27.2 Å². The van der Waals surface area contributed by atoms with Gasteiger partial charge in [-0.3, -0.25) is 0 Å². The lowest BCUT2D eigenvalue weighted by molar-refractivity contribution is 0.281. The molecule has 4 aromatic carbocycles. The molecule has 2 aromatic heterocycles. The van der Waals surface area contributed by atoms with Crippen molar-refractivity contribution < 1.29 is 29.7 Å². The second-order valence-electron chi connectivity index (χ2n) is 14.5. The molecule has 2 heterocycles. The molecule has 0 unspecified atom stereocenters. The van der Waals surface area contributed by atoms with Gasteiger partial charge in [0.25, 0.3) is 0 Å². The van der Waals surface area contributed by atoms with Gasteiger partial charge in [-0.15, -0.1) is 0 Å². The molecule has 2 aliphatic carbocycles. The predicted molar refractivity (Wildman–Crippen MR) is 225 cm³/mol. The number of aliphatic hydroxyl groups is 2. The van der Waals surface area contributed by atoms with E-state index >= 15 is 0 Å². The number of aliphatic hydroxyl groups excluding tert-OH is 2. The molecule has 0 bridgehead atoms. The molecule has 58 heavy (non-hydrogen) atoms. The van der Waals surface area contributed by atoms with Gasteiger partial charge >= 0.3 is 19.1 Å². The van der Waals surface area contributed by atoms with Crippen LogP contribution in [0.4, 0.5) is 0 Å². The van der Waals surface area contributed by atoms with Crippen LogP contribution < -0.4 is 14.9 Å². The smallest absolute Gasteiger partial charge is 0.467 e. The first-order valence-corrected chi connectivity index (χ1v) is 19.5. The van der Waals surface area contributed by atoms with Gasteiger partial charge < -0.3 is 29.7 Å². The third-order valence-corrected chi connectivity index (χ3v) is 11.0. The largest absolute Gasteiger partial charge is 0.489 e. The van der Waals surface area contributed by atoms with E-state index in [1.54, 1.807) is 24.3 Å². The molecule has 2 aliphatic rings. The van der Waals surface area contributed by atoms with Gasteiger partial charge in [0.05, 0.1) is 32.5 Å². The second-order valence-corrected chi connectivity index (χ2v) is 15.7. The Morgan fingerprint density at radius 3 is 1.57 bits per heavy atom. The predicted octanol–water partition coefficient (Wildman–Crippen LogP) is 7.18. The maximum atomic E-state index is 9.42. The highest BCUT2D eigenvalue weighted by molar-refractivity contribution is 6.62. The van der Waals surface area contributed by atoms with Crippen LogP contribution in [0.25, 0.3) is 34.2 Å². The van der Waals surface area contributed by atoms with E-state index in [4.69, 9.17) is 59.4 Å². The highest BCUT2D eigenvalue weighted by Gasteiger charge is 2.39. The van der Waals surface area contributed by atoms with Crippen LogP contribution >= 0.6 is 34.8 Å². The number of benzene rings is 4. The van der Waals surface area contributed by atoms with Crippen molar-refractivity contribution in [1.29, 1.82) is 0 Å². The normalized spacial score (nSPS) is 14.3. The lowest BCUT2D eigenvalue weighted by Gasteiger charge is -2.12. The van der Waals surface area contributed by atoms with Gasteiger partial charge in [-0.2, -0.15) is 24.9 Å². The molecule has 300 valence electrons. The molecule has 0 amide bonds. The molecular formula is C42H42BCl3N6O6. The van der Waals surface area contributed by atoms with E-state index in [0.717, 1.165) is 16.7 Å². The molecule has 0 radical (unpaired) electrons. The maximum Gasteiger partial charge on any atom is 0.489 e. The van der Waals surface area contributed by atoms with Crippen molar-refractivity contribution in [1.82, 2.24) is 29.9 Å². The fourth-order valence-electron chi connectivity index (χ4n) is 6.00. The third kappa shape index (κ3) is 10.5. The van der Waals surface area contributed by atoms with Crippen molar-refractivity contribution in [3.8, 4) is 46.2 Å². The number of nitrogens with zero attached hydrogens (tertiary/aromatic N) is 6. The summed E-state index contributed by atoms with van der Waals surface area (Å²) >= 11 is 17.9. The Kier molecular flexibility index (Phi) is 13.6. The van der Waals surface area contributed by atoms with E-state index in [-0.39, 0.29) is 46.4 Å². The van der Waals surface area contributed by atoms with E-state index in [2.05, 4.69) is 68.0 Å². The Bertz CT molecular complexity index is 2400. The monoisotopic (exact) mass is 842 g/mol. The topological polar surface area (TPSA) is 177 Å². The minimum Gasteiger partial charge on any atom is -0.467 e. The van der Waals surface area contributed by atoms with E-state index in [9.17, 15) is 5.11 Å². The zero-order valence-electron chi connectivity index (χ0n) is 32.3. The van der Waals surface area contributed by atoms with Gasteiger partial charge in [-0.05, 0) is 101 Å². The van der Waals surface area contributed by atoms with Crippen LogP contribution in [0.1, 0.15) is 61.8 Å². The molecule has 2 saturated carbocycles. The van der Waals surface area contributed by atoms with Gasteiger partial charge in [0.15, 0.2) is 17.5 Å². The Balaban J connectivity index is 0.000000159. The lowest BCUT2D eigenvalue weighted by Crippen LogP contribution is -2.31. The molecule has 16 heteroatoms. The molecular weight excluding hydrogens is 802 g/mol. The van der Waals surface area contributed by atoms with Crippen molar-refractivity contribution in [2.45, 2.75) is 63.6 Å². The maximum absolute atomic E-state index is 9.42. The van der Waals surface area contributed by atoms with E-state index in [0.29, 0.717) is 39.0 Å². The summed E-state index contributed by atoms with van der Waals surface area (Å²) in [5, 5.41) is 36.7. The first-order valence-electron chi connectivity index (χ1n) is 18.4. The Hall–Kier alpha value is -4.73. The number of methoxy groups -OCH3 is 2. The van der Waals surface area contributed by atoms with E-state index in [1.807, 2.05) is 24.3 Å². The number of aromatic nitrogens is 6. The summed E-state index contributed by atoms with van der Waals surface area (Å²) in [6.07, 6.45) is 4.87. The highest BCUT2D eigenvalue weighted by atomic mass is 35.5. The van der Waals surface area contributed by atoms with Crippen molar-refractivity contribution in [3.05, 3.63) is 123 Å². The molecule has 0 aliphatic heterocycles. The number of rotatable bonds is 10. The number of hydrogen-bond donors (Lipinski definition) is 4. The van der Waals surface area contributed by atoms with Crippen molar-refractivity contribution in [2.75, 3.05) is 14.2 Å². The summed E-state index contributed by atoms with van der Waals surface area (Å²) in [5.41, 5.74) is 7.22. The molecule has 4 N–H and O–H groups in total. The molecule has 8 rings (SSSR count). The summed E-state index contributed by atoms with van der Waals surface area (Å²) in [5.74, 6) is 1.50. The third-order valence-electron chi connectivity index (χ3n) is 10.2. The van der Waals surface area contributed by atoms with E-state index in [1.165, 1.54) is 63.2 Å². The SMILES string of the molecule is COc1nc(-c2cccc(C3(C)CC3)c2)nc(-c2cc(CO)ccc2Cl)n1.COc1nc(Cl)nc(-c2cccc(C3(C)CC3)c2)n1.OCc1ccc(Cl)c(B(O)O)c1. The molecule has 0 spiro atoms. The first-order chi connectivity index (χ1) is 27.8. The average molecular weight is 844 g/mol. The van der Waals surface area contributed by atoms with Crippen molar-refractivity contribution in [3.63, 3.8) is 0 Å². The Labute approximate surface area is 352 Å². The zero-order chi connectivity index (χ0) is 41.6. The van der Waals surface area contributed by atoms with Gasteiger partial charge in [-0.1, -0.05) is 91.6 Å². The number of halogens is 3. The van der Waals surface area contributed by atoms with Crippen LogP contribution in [0, 0.1) is 0 Å². The van der Waals surface area contributed by atoms with Gasteiger partial charge in [0.1, 0.15) is 0 Å². The zero-order valence-corrected chi connectivity index (χ0v) is 34.6. The molecule has 12 nitrogen and oxygen atoms in total. The van der Waals surface area contributed by atoms with E-state index < -0.39 is 7.12 Å². The van der Waals surface area contributed by atoms with Crippen molar-refractivity contribution in [2.24, 2.45) is 0 Å². The van der Waals surface area contributed by atoms with Crippen LogP contribution in [-0.4, -0.2) is 71.5 Å². The van der Waals surface area contributed by atoms with Crippen LogP contribution in [0.2, 0.25) is 15.3 Å². The first kappa shape index (κ1) is 42.9. The van der Waals surface area contributed by atoms with Crippen LogP contribution in [0.5, 0.6) is 12.0 Å². The Morgan fingerprint density at radius 1 is 0.586 bits per heavy atom. The summed E-state index contributed by atoms with van der Waals surface area (Å²) in [6.45, 7) is 4.32. The fraction of sp³-hybridized carbons (Fsp3) is 0.286.